The highest BCUT2D eigenvalue weighted by Crippen LogP contribution is 2.33. The van der Waals surface area contributed by atoms with Crippen molar-refractivity contribution < 1.29 is 5.11 Å². The Labute approximate surface area is 120 Å². The molecule has 0 saturated heterocycles. The van der Waals surface area contributed by atoms with Crippen LogP contribution in [0.1, 0.15) is 89.9 Å². The molecule has 0 aromatic carbocycles. The summed E-state index contributed by atoms with van der Waals surface area (Å²) in [6.07, 6.45) is 19.9. The second-order valence-electron chi connectivity index (χ2n) is 7.24. The van der Waals surface area contributed by atoms with Crippen LogP contribution >= 0.6 is 0 Å². The third-order valence-electron chi connectivity index (χ3n) is 5.54. The first kappa shape index (κ1) is 15.4. The number of hydrogen-bond donors (Lipinski definition) is 1. The maximum absolute atomic E-state index is 9.73. The third-order valence-corrected chi connectivity index (χ3v) is 5.54. The highest BCUT2D eigenvalue weighted by Gasteiger charge is 2.21. The van der Waals surface area contributed by atoms with E-state index >= 15 is 0 Å². The minimum Gasteiger partial charge on any atom is -0.396 e. The molecule has 0 aromatic rings. The van der Waals surface area contributed by atoms with Crippen LogP contribution in [0, 0.1) is 17.8 Å². The molecule has 1 nitrogen and oxygen atoms in total. The van der Waals surface area contributed by atoms with Crippen molar-refractivity contribution in [1.29, 1.82) is 0 Å². The minimum atomic E-state index is 0.438. The summed E-state index contributed by atoms with van der Waals surface area (Å²) in [6, 6.07) is 0. The molecule has 0 atom stereocenters. The molecule has 2 rings (SSSR count). The summed E-state index contributed by atoms with van der Waals surface area (Å²) in [6.45, 7) is 0.438. The van der Waals surface area contributed by atoms with E-state index in [2.05, 4.69) is 0 Å². The predicted molar refractivity (Wildman–Crippen MR) is 82.2 cm³/mol. The van der Waals surface area contributed by atoms with Gasteiger partial charge in [-0.2, -0.15) is 0 Å². The van der Waals surface area contributed by atoms with Gasteiger partial charge < -0.3 is 5.11 Å². The summed E-state index contributed by atoms with van der Waals surface area (Å²) in [5.74, 6) is 2.45. The van der Waals surface area contributed by atoms with Crippen molar-refractivity contribution in [3.63, 3.8) is 0 Å². The Morgan fingerprint density at radius 2 is 1.00 bits per heavy atom. The molecule has 0 bridgehead atoms. The predicted octanol–water partition coefficient (Wildman–Crippen LogP) is 5.32. The number of rotatable bonds is 5. The van der Waals surface area contributed by atoms with E-state index in [9.17, 15) is 5.11 Å². The first-order chi connectivity index (χ1) is 9.38. The molecular weight excluding hydrogens is 232 g/mol. The van der Waals surface area contributed by atoms with Crippen molar-refractivity contribution in [2.75, 3.05) is 6.61 Å². The average molecular weight is 266 g/mol. The van der Waals surface area contributed by atoms with Gasteiger partial charge in [-0.3, -0.25) is 0 Å². The number of hydrogen-bond acceptors (Lipinski definition) is 1. The fourth-order valence-corrected chi connectivity index (χ4v) is 4.39. The molecule has 0 spiro atoms. The molecule has 2 saturated carbocycles. The zero-order valence-electron chi connectivity index (χ0n) is 12.8. The standard InChI is InChI=1S/C18H34O/c19-15-18(13-16-9-5-1-2-6-10-16)14-17-11-7-3-4-8-12-17/h16-19H,1-15H2. The van der Waals surface area contributed by atoms with Crippen molar-refractivity contribution in [3.8, 4) is 0 Å². The first-order valence-electron chi connectivity index (χ1n) is 8.99. The van der Waals surface area contributed by atoms with Gasteiger partial charge in [-0.05, 0) is 30.6 Å². The summed E-state index contributed by atoms with van der Waals surface area (Å²) in [5, 5.41) is 9.73. The Hall–Kier alpha value is -0.0400. The van der Waals surface area contributed by atoms with Crippen molar-refractivity contribution in [1.82, 2.24) is 0 Å². The van der Waals surface area contributed by atoms with Crippen LogP contribution in [0.2, 0.25) is 0 Å². The van der Waals surface area contributed by atoms with Crippen molar-refractivity contribution in [3.05, 3.63) is 0 Å². The Kier molecular flexibility index (Phi) is 7.27. The SMILES string of the molecule is OCC(CC1CCCCCC1)CC1CCCCCC1. The van der Waals surface area contributed by atoms with Gasteiger partial charge in [0.25, 0.3) is 0 Å². The fraction of sp³-hybridized carbons (Fsp3) is 1.00. The largest absolute Gasteiger partial charge is 0.396 e. The highest BCUT2D eigenvalue weighted by molar-refractivity contribution is 4.73. The minimum absolute atomic E-state index is 0.438. The molecule has 0 heterocycles. The van der Waals surface area contributed by atoms with E-state index in [1.165, 1.54) is 89.9 Å². The smallest absolute Gasteiger partial charge is 0.0459 e. The van der Waals surface area contributed by atoms with E-state index in [0.29, 0.717) is 12.5 Å². The molecule has 0 unspecified atom stereocenters. The second kappa shape index (κ2) is 9.00. The van der Waals surface area contributed by atoms with E-state index in [-0.39, 0.29) is 0 Å². The lowest BCUT2D eigenvalue weighted by Crippen LogP contribution is -2.16. The van der Waals surface area contributed by atoms with Crippen LogP contribution in [0.3, 0.4) is 0 Å². The fourth-order valence-electron chi connectivity index (χ4n) is 4.39. The molecule has 0 aliphatic heterocycles. The normalized spacial score (nSPS) is 24.3. The molecule has 0 aromatic heterocycles. The molecule has 112 valence electrons. The van der Waals surface area contributed by atoms with Gasteiger partial charge in [-0.25, -0.2) is 0 Å². The summed E-state index contributed by atoms with van der Waals surface area (Å²) in [4.78, 5) is 0. The molecule has 2 fully saturated rings. The molecular formula is C18H34O. The van der Waals surface area contributed by atoms with Crippen LogP contribution in [0.4, 0.5) is 0 Å². The zero-order valence-corrected chi connectivity index (χ0v) is 12.8. The van der Waals surface area contributed by atoms with Crippen LogP contribution in [-0.4, -0.2) is 11.7 Å². The van der Waals surface area contributed by atoms with E-state index in [1.807, 2.05) is 0 Å². The van der Waals surface area contributed by atoms with E-state index in [4.69, 9.17) is 0 Å². The van der Waals surface area contributed by atoms with Crippen LogP contribution < -0.4 is 0 Å². The maximum atomic E-state index is 9.73. The van der Waals surface area contributed by atoms with Crippen molar-refractivity contribution in [2.45, 2.75) is 89.9 Å². The van der Waals surface area contributed by atoms with Crippen LogP contribution in [0.25, 0.3) is 0 Å². The Morgan fingerprint density at radius 3 is 1.32 bits per heavy atom. The van der Waals surface area contributed by atoms with Gasteiger partial charge in [0.15, 0.2) is 0 Å². The lowest BCUT2D eigenvalue weighted by molar-refractivity contribution is 0.165. The van der Waals surface area contributed by atoms with Crippen molar-refractivity contribution >= 4 is 0 Å². The quantitative estimate of drug-likeness (QED) is 0.668. The van der Waals surface area contributed by atoms with E-state index in [1.54, 1.807) is 0 Å². The first-order valence-corrected chi connectivity index (χ1v) is 8.99. The second-order valence-corrected chi connectivity index (χ2v) is 7.24. The summed E-state index contributed by atoms with van der Waals surface area (Å²) in [7, 11) is 0. The van der Waals surface area contributed by atoms with Gasteiger partial charge in [-0.1, -0.05) is 77.0 Å². The van der Waals surface area contributed by atoms with E-state index < -0.39 is 0 Å². The van der Waals surface area contributed by atoms with Crippen LogP contribution in [0.5, 0.6) is 0 Å². The van der Waals surface area contributed by atoms with Gasteiger partial charge in [0.1, 0.15) is 0 Å². The summed E-state index contributed by atoms with van der Waals surface area (Å²) in [5.41, 5.74) is 0. The van der Waals surface area contributed by atoms with Gasteiger partial charge in [0.2, 0.25) is 0 Å². The summed E-state index contributed by atoms with van der Waals surface area (Å²) < 4.78 is 0. The Bertz CT molecular complexity index is 188. The van der Waals surface area contributed by atoms with Gasteiger partial charge in [0.05, 0.1) is 0 Å². The topological polar surface area (TPSA) is 20.2 Å². The Balaban J connectivity index is 1.74. The van der Waals surface area contributed by atoms with Crippen LogP contribution in [-0.2, 0) is 0 Å². The molecule has 0 amide bonds. The number of aliphatic hydroxyl groups is 1. The third kappa shape index (κ3) is 5.85. The summed E-state index contributed by atoms with van der Waals surface area (Å²) >= 11 is 0. The average Bonchev–Trinajstić information content (AvgIpc) is 2.82. The highest BCUT2D eigenvalue weighted by atomic mass is 16.3. The van der Waals surface area contributed by atoms with Crippen LogP contribution in [0.15, 0.2) is 0 Å². The van der Waals surface area contributed by atoms with E-state index in [0.717, 1.165) is 11.8 Å². The lowest BCUT2D eigenvalue weighted by atomic mass is 9.82. The molecule has 2 aliphatic carbocycles. The zero-order chi connectivity index (χ0) is 13.3. The molecule has 1 N–H and O–H groups in total. The van der Waals surface area contributed by atoms with Gasteiger partial charge in [0, 0.05) is 6.61 Å². The van der Waals surface area contributed by atoms with Crippen molar-refractivity contribution in [2.24, 2.45) is 17.8 Å². The molecule has 0 radical (unpaired) electrons. The van der Waals surface area contributed by atoms with Gasteiger partial charge >= 0.3 is 0 Å². The molecule has 2 aliphatic rings. The molecule has 19 heavy (non-hydrogen) atoms. The van der Waals surface area contributed by atoms with Gasteiger partial charge in [-0.15, -0.1) is 0 Å². The lowest BCUT2D eigenvalue weighted by Gasteiger charge is -2.25. The monoisotopic (exact) mass is 266 g/mol. The maximum Gasteiger partial charge on any atom is 0.0459 e. The number of aliphatic hydroxyl groups excluding tert-OH is 1. The molecule has 1 heteroatoms. The Morgan fingerprint density at radius 1 is 0.632 bits per heavy atom.